The van der Waals surface area contributed by atoms with Crippen molar-refractivity contribution in [3.63, 3.8) is 0 Å². The number of alkyl halides is 2. The van der Waals surface area contributed by atoms with Gasteiger partial charge in [0.25, 0.3) is 5.92 Å². The van der Waals surface area contributed by atoms with Crippen LogP contribution in [0.5, 0.6) is 0 Å². The molecule has 0 radical (unpaired) electrons. The lowest BCUT2D eigenvalue weighted by molar-refractivity contribution is -0.123. The molecule has 118 valence electrons. The largest absolute Gasteiger partial charge is 0.358 e. The molecule has 3 N–H and O–H groups in total. The monoisotopic (exact) mass is 307 g/mol. The Kier molecular flexibility index (Phi) is 3.64. The molecular formula is C16H19F2N3O. The topological polar surface area (TPSA) is 56.9 Å². The summed E-state index contributed by atoms with van der Waals surface area (Å²) in [4.78, 5) is 15.2. The Hall–Kier alpha value is -1.95. The van der Waals surface area contributed by atoms with Gasteiger partial charge in [0.2, 0.25) is 5.91 Å². The van der Waals surface area contributed by atoms with E-state index >= 15 is 0 Å². The number of amides is 1. The molecule has 22 heavy (non-hydrogen) atoms. The Morgan fingerprint density at radius 3 is 2.86 bits per heavy atom. The lowest BCUT2D eigenvalue weighted by Gasteiger charge is -2.11. The van der Waals surface area contributed by atoms with Gasteiger partial charge in [-0.15, -0.1) is 0 Å². The van der Waals surface area contributed by atoms with Gasteiger partial charge in [0.1, 0.15) is 0 Å². The van der Waals surface area contributed by atoms with Crippen molar-refractivity contribution in [2.75, 3.05) is 6.54 Å². The highest BCUT2D eigenvalue weighted by Gasteiger charge is 2.42. The normalized spacial score (nSPS) is 20.5. The Bertz CT molecular complexity index is 723. The van der Waals surface area contributed by atoms with Gasteiger partial charge < -0.3 is 10.3 Å². The Labute approximate surface area is 127 Å². The maximum Gasteiger partial charge on any atom is 0.262 e. The van der Waals surface area contributed by atoms with Crippen LogP contribution in [0.3, 0.4) is 0 Å². The number of fused-ring (bicyclic) bond motifs is 1. The van der Waals surface area contributed by atoms with E-state index in [0.29, 0.717) is 6.54 Å². The molecule has 0 aliphatic carbocycles. The molecule has 1 atom stereocenters. The molecule has 1 aromatic carbocycles. The Balaban J connectivity index is 1.66. The second kappa shape index (κ2) is 5.35. The van der Waals surface area contributed by atoms with Gasteiger partial charge in [-0.1, -0.05) is 6.07 Å². The fourth-order valence-electron chi connectivity index (χ4n) is 2.83. The van der Waals surface area contributed by atoms with Crippen molar-refractivity contribution in [3.8, 4) is 0 Å². The predicted octanol–water partition coefficient (Wildman–Crippen LogP) is 2.40. The molecule has 1 saturated heterocycles. The first-order valence-electron chi connectivity index (χ1n) is 7.32. The molecule has 0 saturated carbocycles. The first-order valence-corrected chi connectivity index (χ1v) is 7.32. The highest BCUT2D eigenvalue weighted by Crippen LogP contribution is 2.25. The number of aryl methyl sites for hydroxylation is 2. The zero-order valence-electron chi connectivity index (χ0n) is 12.6. The zero-order valence-corrected chi connectivity index (χ0v) is 12.6. The van der Waals surface area contributed by atoms with Crippen molar-refractivity contribution in [1.29, 1.82) is 0 Å². The fourth-order valence-corrected chi connectivity index (χ4v) is 2.83. The van der Waals surface area contributed by atoms with Crippen LogP contribution < -0.4 is 10.6 Å². The fraction of sp³-hybridized carbons (Fsp3) is 0.438. The summed E-state index contributed by atoms with van der Waals surface area (Å²) < 4.78 is 26.2. The summed E-state index contributed by atoms with van der Waals surface area (Å²) in [5.41, 5.74) is 4.31. The molecule has 0 spiro atoms. The van der Waals surface area contributed by atoms with E-state index < -0.39 is 24.9 Å². The van der Waals surface area contributed by atoms with Gasteiger partial charge in [0.15, 0.2) is 0 Å². The average molecular weight is 307 g/mol. The minimum atomic E-state index is -2.79. The number of aromatic nitrogens is 1. The lowest BCUT2D eigenvalue weighted by atomic mass is 10.1. The number of halogens is 2. The summed E-state index contributed by atoms with van der Waals surface area (Å²) in [5.74, 6) is -3.17. The van der Waals surface area contributed by atoms with Gasteiger partial charge in [-0.25, -0.2) is 8.78 Å². The van der Waals surface area contributed by atoms with Crippen molar-refractivity contribution in [2.24, 2.45) is 0 Å². The van der Waals surface area contributed by atoms with E-state index in [4.69, 9.17) is 0 Å². The molecular weight excluding hydrogens is 288 g/mol. The van der Waals surface area contributed by atoms with E-state index in [2.05, 4.69) is 15.6 Å². The SMILES string of the molecule is Cc1[nH]c2ccc(CNC(=O)C3CC(F)(F)CN3)cc2c1C. The first-order chi connectivity index (χ1) is 10.4. The van der Waals surface area contributed by atoms with Crippen LogP contribution >= 0.6 is 0 Å². The Morgan fingerprint density at radius 2 is 2.18 bits per heavy atom. The second-order valence-corrected chi connectivity index (χ2v) is 5.97. The van der Waals surface area contributed by atoms with Gasteiger partial charge in [0, 0.05) is 29.6 Å². The third kappa shape index (κ3) is 2.83. The molecule has 1 fully saturated rings. The minimum Gasteiger partial charge on any atom is -0.358 e. The number of benzene rings is 1. The molecule has 1 unspecified atom stereocenters. The third-order valence-electron chi connectivity index (χ3n) is 4.27. The van der Waals surface area contributed by atoms with Crippen LogP contribution in [0.4, 0.5) is 8.78 Å². The van der Waals surface area contributed by atoms with E-state index in [0.717, 1.165) is 22.2 Å². The zero-order chi connectivity index (χ0) is 15.9. The maximum absolute atomic E-state index is 13.1. The van der Waals surface area contributed by atoms with E-state index in [1.54, 1.807) is 0 Å². The summed E-state index contributed by atoms with van der Waals surface area (Å²) >= 11 is 0. The number of H-pyrrole nitrogens is 1. The van der Waals surface area contributed by atoms with Gasteiger partial charge in [0.05, 0.1) is 12.6 Å². The van der Waals surface area contributed by atoms with Crippen LogP contribution in [-0.2, 0) is 11.3 Å². The molecule has 0 bridgehead atoms. The van der Waals surface area contributed by atoms with E-state index in [9.17, 15) is 13.6 Å². The number of nitrogens with one attached hydrogen (secondary N) is 3. The van der Waals surface area contributed by atoms with Gasteiger partial charge in [-0.05, 0) is 37.1 Å². The van der Waals surface area contributed by atoms with Crippen LogP contribution in [0.15, 0.2) is 18.2 Å². The first kappa shape index (κ1) is 15.0. The number of carbonyl (C=O) groups excluding carboxylic acids is 1. The number of hydrogen-bond acceptors (Lipinski definition) is 2. The van der Waals surface area contributed by atoms with Crippen LogP contribution in [0.2, 0.25) is 0 Å². The van der Waals surface area contributed by atoms with Gasteiger partial charge in [-0.3, -0.25) is 10.1 Å². The van der Waals surface area contributed by atoms with E-state index in [1.807, 2.05) is 32.0 Å². The molecule has 1 aliphatic rings. The van der Waals surface area contributed by atoms with Crippen molar-refractivity contribution in [3.05, 3.63) is 35.0 Å². The highest BCUT2D eigenvalue weighted by atomic mass is 19.3. The number of aromatic amines is 1. The summed E-state index contributed by atoms with van der Waals surface area (Å²) in [6.07, 6.45) is -0.437. The quantitative estimate of drug-likeness (QED) is 0.815. The number of carbonyl (C=O) groups is 1. The minimum absolute atomic E-state index is 0.336. The number of hydrogen-bond donors (Lipinski definition) is 3. The van der Waals surface area contributed by atoms with Crippen LogP contribution in [0, 0.1) is 13.8 Å². The van der Waals surface area contributed by atoms with Crippen LogP contribution in [-0.4, -0.2) is 29.4 Å². The predicted molar refractivity (Wildman–Crippen MR) is 81.0 cm³/mol. The van der Waals surface area contributed by atoms with E-state index in [1.165, 1.54) is 5.56 Å². The maximum atomic E-state index is 13.1. The van der Waals surface area contributed by atoms with Gasteiger partial charge in [-0.2, -0.15) is 0 Å². The average Bonchev–Trinajstić information content (AvgIpc) is 2.97. The van der Waals surface area contributed by atoms with Crippen molar-refractivity contribution < 1.29 is 13.6 Å². The summed E-state index contributed by atoms with van der Waals surface area (Å²) in [7, 11) is 0. The smallest absolute Gasteiger partial charge is 0.262 e. The number of rotatable bonds is 3. The molecule has 3 rings (SSSR count). The molecule has 2 aromatic rings. The molecule has 1 aromatic heterocycles. The van der Waals surface area contributed by atoms with Gasteiger partial charge >= 0.3 is 0 Å². The molecule has 4 nitrogen and oxygen atoms in total. The molecule has 2 heterocycles. The van der Waals surface area contributed by atoms with E-state index in [-0.39, 0.29) is 5.91 Å². The molecule has 6 heteroatoms. The third-order valence-corrected chi connectivity index (χ3v) is 4.27. The summed E-state index contributed by atoms with van der Waals surface area (Å²) in [6, 6.07) is 5.11. The second-order valence-electron chi connectivity index (χ2n) is 5.97. The standard InChI is InChI=1S/C16H19F2N3O/c1-9-10(2)21-13-4-3-11(5-12(9)13)7-19-15(22)14-6-16(17,18)8-20-14/h3-5,14,20-21H,6-8H2,1-2H3,(H,19,22). The van der Waals surface area contributed by atoms with Crippen LogP contribution in [0.1, 0.15) is 23.2 Å². The molecule has 1 amide bonds. The Morgan fingerprint density at radius 1 is 1.41 bits per heavy atom. The van der Waals surface area contributed by atoms with Crippen molar-refractivity contribution >= 4 is 16.8 Å². The van der Waals surface area contributed by atoms with Crippen molar-refractivity contribution in [1.82, 2.24) is 15.6 Å². The summed E-state index contributed by atoms with van der Waals surface area (Å²) in [6.45, 7) is 3.96. The molecule has 1 aliphatic heterocycles. The highest BCUT2D eigenvalue weighted by molar-refractivity contribution is 5.85. The lowest BCUT2D eigenvalue weighted by Crippen LogP contribution is -2.40. The summed E-state index contributed by atoms with van der Waals surface area (Å²) in [5, 5.41) is 6.40. The van der Waals surface area contributed by atoms with Crippen molar-refractivity contribution in [2.45, 2.75) is 38.8 Å². The van der Waals surface area contributed by atoms with Crippen LogP contribution in [0.25, 0.3) is 10.9 Å².